The molecule has 5 heteroatoms. The third-order valence-corrected chi connectivity index (χ3v) is 15.6. The number of pyridine rings is 1. The molecular formula is C70H68N4O. The van der Waals surface area contributed by atoms with Gasteiger partial charge in [-0.25, -0.2) is 4.98 Å². The number of ether oxygens (including phenoxy) is 1. The van der Waals surface area contributed by atoms with Crippen LogP contribution < -0.4 is 14.5 Å². The second-order valence-corrected chi connectivity index (χ2v) is 23.5. The van der Waals surface area contributed by atoms with Crippen LogP contribution in [0.3, 0.4) is 0 Å². The summed E-state index contributed by atoms with van der Waals surface area (Å²) in [6.07, 6.45) is 4.33. The molecule has 3 heterocycles. The van der Waals surface area contributed by atoms with Gasteiger partial charge in [-0.1, -0.05) is 203 Å². The molecule has 0 bridgehead atoms. The molecule has 0 amide bonds. The molecule has 0 spiro atoms. The molecule has 374 valence electrons. The molecule has 0 atom stereocenters. The molecule has 0 unspecified atom stereocenters. The SMILES string of the molecule is CC(C)(C)c1cc(Oc2ccc3c4cc(-c5ccccc5)ccc4n(-c4cc(C(C)(C)c5ccccc5)ccn4)c3c2)cc(N2C=C(C(C)(C)c3ccccc3)N(c3cc(-c4ccccc4)cc(C(C)(C)C)c3)C2)c1. The summed E-state index contributed by atoms with van der Waals surface area (Å²) < 4.78 is 9.45. The van der Waals surface area contributed by atoms with Gasteiger partial charge >= 0.3 is 0 Å². The van der Waals surface area contributed by atoms with Gasteiger partial charge in [0.2, 0.25) is 0 Å². The van der Waals surface area contributed by atoms with Gasteiger partial charge in [0, 0.05) is 63.2 Å². The minimum absolute atomic E-state index is 0.0621. The van der Waals surface area contributed by atoms with Crippen LogP contribution in [0.15, 0.2) is 224 Å². The zero-order chi connectivity index (χ0) is 52.3. The Balaban J connectivity index is 1.03. The quantitative estimate of drug-likeness (QED) is 0.129. The average Bonchev–Trinajstić information content (AvgIpc) is 4.03. The summed E-state index contributed by atoms with van der Waals surface area (Å²) in [4.78, 5) is 10.0. The van der Waals surface area contributed by atoms with Crippen LogP contribution in [-0.4, -0.2) is 16.2 Å². The van der Waals surface area contributed by atoms with E-state index in [9.17, 15) is 0 Å². The summed E-state index contributed by atoms with van der Waals surface area (Å²) in [5, 5.41) is 2.29. The molecule has 0 aliphatic carbocycles. The maximum absolute atomic E-state index is 7.14. The van der Waals surface area contributed by atoms with Crippen molar-refractivity contribution in [1.82, 2.24) is 9.55 Å². The Bertz CT molecular complexity index is 3730. The monoisotopic (exact) mass is 981 g/mol. The van der Waals surface area contributed by atoms with Crippen molar-refractivity contribution in [1.29, 1.82) is 0 Å². The molecule has 0 radical (unpaired) electrons. The van der Waals surface area contributed by atoms with E-state index in [1.54, 1.807) is 0 Å². The second kappa shape index (κ2) is 19.0. The first-order valence-corrected chi connectivity index (χ1v) is 26.4. The molecule has 10 aromatic rings. The van der Waals surface area contributed by atoms with E-state index in [2.05, 4.69) is 296 Å². The third-order valence-electron chi connectivity index (χ3n) is 15.6. The van der Waals surface area contributed by atoms with E-state index >= 15 is 0 Å². The van der Waals surface area contributed by atoms with Crippen molar-refractivity contribution in [2.75, 3.05) is 16.5 Å². The van der Waals surface area contributed by atoms with E-state index in [4.69, 9.17) is 9.72 Å². The molecule has 8 aromatic carbocycles. The first kappa shape index (κ1) is 49.1. The number of hydrogen-bond donors (Lipinski definition) is 0. The van der Waals surface area contributed by atoms with Gasteiger partial charge < -0.3 is 14.5 Å². The fraction of sp³-hybridized carbons (Fsp3) is 0.214. The summed E-state index contributed by atoms with van der Waals surface area (Å²) in [6, 6.07) is 74.7. The van der Waals surface area contributed by atoms with Crippen molar-refractivity contribution < 1.29 is 4.74 Å². The number of hydrogen-bond acceptors (Lipinski definition) is 4. The van der Waals surface area contributed by atoms with E-state index in [0.717, 1.165) is 44.8 Å². The Labute approximate surface area is 444 Å². The zero-order valence-corrected chi connectivity index (χ0v) is 45.2. The predicted molar refractivity (Wildman–Crippen MR) is 316 cm³/mol. The molecule has 0 N–H and O–H groups in total. The first-order chi connectivity index (χ1) is 35.9. The fourth-order valence-corrected chi connectivity index (χ4v) is 10.8. The van der Waals surface area contributed by atoms with Gasteiger partial charge in [-0.3, -0.25) is 4.57 Å². The fourth-order valence-electron chi connectivity index (χ4n) is 10.8. The number of anilines is 2. The minimum Gasteiger partial charge on any atom is -0.457 e. The molecule has 11 rings (SSSR count). The highest BCUT2D eigenvalue weighted by atomic mass is 16.5. The molecule has 75 heavy (non-hydrogen) atoms. The van der Waals surface area contributed by atoms with E-state index in [0.29, 0.717) is 6.67 Å². The first-order valence-electron chi connectivity index (χ1n) is 26.4. The van der Waals surface area contributed by atoms with Gasteiger partial charge in [-0.15, -0.1) is 0 Å². The maximum atomic E-state index is 7.14. The number of aromatic nitrogens is 2. The van der Waals surface area contributed by atoms with Crippen LogP contribution in [0.5, 0.6) is 11.5 Å². The minimum atomic E-state index is -0.330. The summed E-state index contributed by atoms with van der Waals surface area (Å²) >= 11 is 0. The third kappa shape index (κ3) is 9.53. The summed E-state index contributed by atoms with van der Waals surface area (Å²) in [7, 11) is 0. The van der Waals surface area contributed by atoms with Crippen LogP contribution in [0.25, 0.3) is 49.9 Å². The highest BCUT2D eigenvalue weighted by molar-refractivity contribution is 6.10. The van der Waals surface area contributed by atoms with E-state index in [-0.39, 0.29) is 21.7 Å². The average molecular weight is 981 g/mol. The van der Waals surface area contributed by atoms with Gasteiger partial charge in [0.1, 0.15) is 17.3 Å². The Morgan fingerprint density at radius 1 is 0.400 bits per heavy atom. The lowest BCUT2D eigenvalue weighted by Crippen LogP contribution is -2.34. The molecule has 5 nitrogen and oxygen atoms in total. The summed E-state index contributed by atoms with van der Waals surface area (Å²) in [5.41, 5.74) is 15.8. The van der Waals surface area contributed by atoms with Crippen LogP contribution in [0.1, 0.15) is 97.1 Å². The van der Waals surface area contributed by atoms with E-state index in [1.165, 1.54) is 61.5 Å². The number of fused-ring (bicyclic) bond motifs is 3. The molecule has 0 saturated heterocycles. The van der Waals surface area contributed by atoms with E-state index in [1.807, 2.05) is 6.20 Å². The van der Waals surface area contributed by atoms with Crippen molar-refractivity contribution >= 4 is 33.2 Å². The van der Waals surface area contributed by atoms with Crippen molar-refractivity contribution in [2.24, 2.45) is 0 Å². The number of allylic oxidation sites excluding steroid dienone is 1. The van der Waals surface area contributed by atoms with Gasteiger partial charge in [-0.2, -0.15) is 0 Å². The van der Waals surface area contributed by atoms with Crippen LogP contribution in [-0.2, 0) is 21.7 Å². The van der Waals surface area contributed by atoms with Crippen LogP contribution in [0.4, 0.5) is 11.4 Å². The van der Waals surface area contributed by atoms with Crippen LogP contribution >= 0.6 is 0 Å². The molecule has 0 fully saturated rings. The number of rotatable bonds is 11. The molecule has 1 aliphatic heterocycles. The molecule has 1 aliphatic rings. The number of benzene rings is 8. The largest absolute Gasteiger partial charge is 0.457 e. The zero-order valence-electron chi connectivity index (χ0n) is 45.2. The molecular weight excluding hydrogens is 913 g/mol. The van der Waals surface area contributed by atoms with Crippen molar-refractivity contribution in [3.63, 3.8) is 0 Å². The van der Waals surface area contributed by atoms with Crippen molar-refractivity contribution in [3.05, 3.63) is 252 Å². The Morgan fingerprint density at radius 3 is 1.63 bits per heavy atom. The lowest BCUT2D eigenvalue weighted by atomic mass is 9.78. The van der Waals surface area contributed by atoms with Gasteiger partial charge in [0.15, 0.2) is 0 Å². The Hall–Kier alpha value is -8.15. The Kier molecular flexibility index (Phi) is 12.4. The molecule has 0 saturated carbocycles. The van der Waals surface area contributed by atoms with E-state index < -0.39 is 0 Å². The molecule has 2 aromatic heterocycles. The summed E-state index contributed by atoms with van der Waals surface area (Å²) in [5.74, 6) is 2.40. The lowest BCUT2D eigenvalue weighted by molar-refractivity contribution is 0.479. The maximum Gasteiger partial charge on any atom is 0.137 e. The number of nitrogens with zero attached hydrogens (tertiary/aromatic N) is 4. The standard InChI is InChI=1S/C70H68N4O/c1-67(2,3)55-37-51(49-25-17-12-18-26-49)38-58(41-55)73-47-72(46-65(73)70(9,10)53-29-21-14-22-30-53)57-40-56(68(4,5)6)42-60(44-57)75-59-32-33-61-62-39-50(48-23-15-11-16-24-48)31-34-63(62)74(64(61)45-59)66-43-54(35-36-71-66)69(7,8)52-27-19-13-20-28-52/h11-46H,47H2,1-10H3. The highest BCUT2D eigenvalue weighted by Gasteiger charge is 2.37. The predicted octanol–water partition coefficient (Wildman–Crippen LogP) is 18.3. The highest BCUT2D eigenvalue weighted by Crippen LogP contribution is 2.45. The van der Waals surface area contributed by atoms with Gasteiger partial charge in [-0.05, 0) is 122 Å². The smallest absolute Gasteiger partial charge is 0.137 e. The Morgan fingerprint density at radius 2 is 0.987 bits per heavy atom. The van der Waals surface area contributed by atoms with Crippen LogP contribution in [0.2, 0.25) is 0 Å². The second-order valence-electron chi connectivity index (χ2n) is 23.5. The normalized spacial score (nSPS) is 13.4. The van der Waals surface area contributed by atoms with Gasteiger partial charge in [0.05, 0.1) is 17.7 Å². The van der Waals surface area contributed by atoms with Crippen molar-refractivity contribution in [2.45, 2.75) is 90.9 Å². The van der Waals surface area contributed by atoms with Crippen LogP contribution in [0, 0.1) is 0 Å². The lowest BCUT2D eigenvalue weighted by Gasteiger charge is -2.35. The van der Waals surface area contributed by atoms with Crippen molar-refractivity contribution in [3.8, 4) is 39.6 Å². The summed E-state index contributed by atoms with van der Waals surface area (Å²) in [6.45, 7) is 23.7. The van der Waals surface area contributed by atoms with Gasteiger partial charge in [0.25, 0.3) is 0 Å². The topological polar surface area (TPSA) is 33.5 Å².